The van der Waals surface area contributed by atoms with E-state index in [1.165, 1.54) is 4.68 Å². The van der Waals surface area contributed by atoms with Gasteiger partial charge in [-0.3, -0.25) is 9.89 Å². The van der Waals surface area contributed by atoms with Crippen LogP contribution in [0.15, 0.2) is 29.1 Å². The van der Waals surface area contributed by atoms with Gasteiger partial charge < -0.3 is 9.84 Å². The first kappa shape index (κ1) is 10.2. The lowest BCUT2D eigenvalue weighted by molar-refractivity contribution is 0.109. The zero-order valence-electron chi connectivity index (χ0n) is 9.14. The summed E-state index contributed by atoms with van der Waals surface area (Å²) in [6.45, 7) is 0.957. The van der Waals surface area contributed by atoms with Crippen LogP contribution in [0.4, 0.5) is 0 Å². The number of fused-ring (bicyclic) bond motifs is 1. The van der Waals surface area contributed by atoms with Crippen molar-refractivity contribution in [1.82, 2.24) is 9.78 Å². The van der Waals surface area contributed by atoms with Crippen LogP contribution in [0.3, 0.4) is 0 Å². The lowest BCUT2D eigenvalue weighted by atomic mass is 10.2. The number of H-pyrrole nitrogens is 1. The van der Waals surface area contributed by atoms with Gasteiger partial charge in [0.2, 0.25) is 0 Å². The second kappa shape index (κ2) is 3.78. The number of nitrogens with one attached hydrogen (secondary N) is 1. The molecule has 2 N–H and O–H groups in total. The van der Waals surface area contributed by atoms with Gasteiger partial charge >= 0.3 is 0 Å². The molecule has 0 amide bonds. The van der Waals surface area contributed by atoms with Crippen molar-refractivity contribution in [3.63, 3.8) is 0 Å². The Kier molecular flexibility index (Phi) is 2.26. The second-order valence-electron chi connectivity index (χ2n) is 4.00. The SMILES string of the molecule is O=c1c2c([nH]n1-c1ccccc1O)CCOC2. The van der Waals surface area contributed by atoms with Crippen molar-refractivity contribution in [2.45, 2.75) is 13.0 Å². The highest BCUT2D eigenvalue weighted by Gasteiger charge is 2.19. The molecule has 1 aromatic carbocycles. The zero-order valence-corrected chi connectivity index (χ0v) is 9.14. The fourth-order valence-corrected chi connectivity index (χ4v) is 2.04. The third-order valence-corrected chi connectivity index (χ3v) is 2.94. The fourth-order valence-electron chi connectivity index (χ4n) is 2.04. The number of hydrogen-bond donors (Lipinski definition) is 2. The summed E-state index contributed by atoms with van der Waals surface area (Å²) in [4.78, 5) is 12.1. The van der Waals surface area contributed by atoms with E-state index in [9.17, 15) is 9.90 Å². The molecule has 0 spiro atoms. The van der Waals surface area contributed by atoms with E-state index < -0.39 is 0 Å². The van der Waals surface area contributed by atoms with Crippen LogP contribution in [-0.4, -0.2) is 21.5 Å². The van der Waals surface area contributed by atoms with Gasteiger partial charge in [-0.2, -0.15) is 0 Å². The van der Waals surface area contributed by atoms with E-state index in [0.717, 1.165) is 5.69 Å². The molecule has 17 heavy (non-hydrogen) atoms. The van der Waals surface area contributed by atoms with Crippen LogP contribution in [-0.2, 0) is 17.8 Å². The predicted octanol–water partition coefficient (Wildman–Crippen LogP) is 0.944. The van der Waals surface area contributed by atoms with E-state index in [4.69, 9.17) is 4.74 Å². The number of aromatic nitrogens is 2. The maximum absolute atomic E-state index is 12.1. The number of para-hydroxylation sites is 2. The maximum atomic E-state index is 12.1. The normalized spacial score (nSPS) is 14.6. The first-order valence-corrected chi connectivity index (χ1v) is 5.46. The lowest BCUT2D eigenvalue weighted by Crippen LogP contribution is -2.19. The third-order valence-electron chi connectivity index (χ3n) is 2.94. The molecule has 2 heterocycles. The molecule has 0 radical (unpaired) electrons. The number of ether oxygens (including phenoxy) is 1. The summed E-state index contributed by atoms with van der Waals surface area (Å²) in [5, 5.41) is 12.8. The average molecular weight is 232 g/mol. The van der Waals surface area contributed by atoms with Gasteiger partial charge in [-0.1, -0.05) is 12.1 Å². The molecule has 0 unspecified atom stereocenters. The third kappa shape index (κ3) is 1.55. The molecule has 5 nitrogen and oxygen atoms in total. The summed E-state index contributed by atoms with van der Waals surface area (Å²) in [6, 6.07) is 6.74. The van der Waals surface area contributed by atoms with Crippen LogP contribution in [0.2, 0.25) is 0 Å². The Balaban J connectivity index is 2.20. The van der Waals surface area contributed by atoms with Crippen molar-refractivity contribution in [1.29, 1.82) is 0 Å². The molecule has 0 atom stereocenters. The van der Waals surface area contributed by atoms with Crippen molar-refractivity contribution in [3.05, 3.63) is 45.9 Å². The van der Waals surface area contributed by atoms with Gasteiger partial charge in [0.25, 0.3) is 5.56 Å². The Morgan fingerprint density at radius 1 is 1.35 bits per heavy atom. The molecule has 0 fully saturated rings. The van der Waals surface area contributed by atoms with Gasteiger partial charge in [-0.15, -0.1) is 0 Å². The standard InChI is InChI=1S/C12H12N2O3/c15-11-4-2-1-3-10(11)14-12(16)8-7-17-6-5-9(8)13-14/h1-4,13,15H,5-7H2. The molecule has 0 aliphatic carbocycles. The Morgan fingerprint density at radius 2 is 2.18 bits per heavy atom. The van der Waals surface area contributed by atoms with Gasteiger partial charge in [0.05, 0.1) is 18.8 Å². The number of aromatic hydroxyl groups is 1. The smallest absolute Gasteiger partial charge is 0.277 e. The lowest BCUT2D eigenvalue weighted by Gasteiger charge is -2.08. The molecular formula is C12H12N2O3. The summed E-state index contributed by atoms with van der Waals surface area (Å²) in [6.07, 6.45) is 0.700. The quantitative estimate of drug-likeness (QED) is 0.769. The highest BCUT2D eigenvalue weighted by Crippen LogP contribution is 2.20. The molecule has 1 aliphatic rings. The molecule has 0 saturated carbocycles. The topological polar surface area (TPSA) is 67.2 Å². The van der Waals surface area contributed by atoms with Crippen molar-refractivity contribution in [2.75, 3.05) is 6.61 Å². The van der Waals surface area contributed by atoms with Crippen molar-refractivity contribution >= 4 is 0 Å². The fraction of sp³-hybridized carbons (Fsp3) is 0.250. The van der Waals surface area contributed by atoms with Crippen LogP contribution in [0.25, 0.3) is 5.69 Å². The van der Waals surface area contributed by atoms with Crippen LogP contribution in [0.5, 0.6) is 5.75 Å². The number of aromatic amines is 1. The Morgan fingerprint density at radius 3 is 2.94 bits per heavy atom. The summed E-state index contributed by atoms with van der Waals surface area (Å²) in [5.74, 6) is 0.0779. The average Bonchev–Trinajstić information content (AvgIpc) is 2.68. The second-order valence-corrected chi connectivity index (χ2v) is 4.00. The van der Waals surface area contributed by atoms with E-state index in [2.05, 4.69) is 5.10 Å². The van der Waals surface area contributed by atoms with Gasteiger partial charge in [0, 0.05) is 12.1 Å². The number of phenolic OH excluding ortho intramolecular Hbond substituents is 1. The molecule has 5 heteroatoms. The first-order chi connectivity index (χ1) is 8.27. The molecule has 0 bridgehead atoms. The van der Waals surface area contributed by atoms with Crippen molar-refractivity contribution in [3.8, 4) is 11.4 Å². The minimum atomic E-state index is -0.152. The van der Waals surface area contributed by atoms with Crippen molar-refractivity contribution in [2.24, 2.45) is 0 Å². The maximum Gasteiger partial charge on any atom is 0.277 e. The molecule has 1 aromatic heterocycles. The number of hydrogen-bond acceptors (Lipinski definition) is 3. The summed E-state index contributed by atoms with van der Waals surface area (Å²) >= 11 is 0. The van der Waals surface area contributed by atoms with Crippen LogP contribution < -0.4 is 5.56 Å². The van der Waals surface area contributed by atoms with Crippen LogP contribution >= 0.6 is 0 Å². The highest BCUT2D eigenvalue weighted by atomic mass is 16.5. The molecule has 1 aliphatic heterocycles. The van der Waals surface area contributed by atoms with E-state index in [-0.39, 0.29) is 11.3 Å². The molecule has 0 saturated heterocycles. The Hall–Kier alpha value is -2.01. The monoisotopic (exact) mass is 232 g/mol. The number of benzene rings is 1. The minimum absolute atomic E-state index is 0.0779. The minimum Gasteiger partial charge on any atom is -0.506 e. The summed E-state index contributed by atoms with van der Waals surface area (Å²) in [7, 11) is 0. The van der Waals surface area contributed by atoms with E-state index in [1.807, 2.05) is 0 Å². The number of rotatable bonds is 1. The van der Waals surface area contributed by atoms with E-state index >= 15 is 0 Å². The predicted molar refractivity (Wildman–Crippen MR) is 61.4 cm³/mol. The van der Waals surface area contributed by atoms with E-state index in [1.54, 1.807) is 24.3 Å². The van der Waals surface area contributed by atoms with Gasteiger partial charge in [0.15, 0.2) is 0 Å². The zero-order chi connectivity index (χ0) is 11.8. The van der Waals surface area contributed by atoms with Crippen LogP contribution in [0.1, 0.15) is 11.3 Å². The van der Waals surface area contributed by atoms with Gasteiger partial charge in [0.1, 0.15) is 11.4 Å². The Labute approximate surface area is 97.3 Å². The largest absolute Gasteiger partial charge is 0.506 e. The highest BCUT2D eigenvalue weighted by molar-refractivity contribution is 5.45. The molecule has 3 rings (SSSR count). The summed E-state index contributed by atoms with van der Waals surface area (Å²) in [5.41, 5.74) is 1.86. The number of phenols is 1. The molecule has 2 aromatic rings. The van der Waals surface area contributed by atoms with Crippen LogP contribution in [0, 0.1) is 0 Å². The molecular weight excluding hydrogens is 220 g/mol. The Bertz CT molecular complexity index is 612. The van der Waals surface area contributed by atoms with Gasteiger partial charge in [-0.25, -0.2) is 4.68 Å². The van der Waals surface area contributed by atoms with Crippen molar-refractivity contribution < 1.29 is 9.84 Å². The van der Waals surface area contributed by atoms with E-state index in [0.29, 0.717) is 30.9 Å². The van der Waals surface area contributed by atoms with Gasteiger partial charge in [-0.05, 0) is 12.1 Å². The summed E-state index contributed by atoms with van der Waals surface area (Å²) < 4.78 is 6.63. The molecule has 88 valence electrons. The number of nitrogens with zero attached hydrogens (tertiary/aromatic N) is 1. The first-order valence-electron chi connectivity index (χ1n) is 5.46.